The summed E-state index contributed by atoms with van der Waals surface area (Å²) < 4.78 is 5.39. The Morgan fingerprint density at radius 3 is 3.00 bits per heavy atom. The fourth-order valence-corrected chi connectivity index (χ4v) is 3.23. The van der Waals surface area contributed by atoms with Crippen molar-refractivity contribution < 1.29 is 4.74 Å². The zero-order valence-corrected chi connectivity index (χ0v) is 14.5. The van der Waals surface area contributed by atoms with Crippen molar-refractivity contribution in [3.8, 4) is 5.75 Å². The van der Waals surface area contributed by atoms with Gasteiger partial charge in [0.05, 0.1) is 7.11 Å². The monoisotopic (exact) mass is 326 g/mol. The lowest BCUT2D eigenvalue weighted by atomic mass is 10.0. The van der Waals surface area contributed by atoms with Crippen LogP contribution in [0, 0.1) is 5.92 Å². The molecule has 3 rings (SSSR count). The number of anilines is 2. The number of hydrogen-bond donors (Lipinski definition) is 1. The molecule has 1 aliphatic heterocycles. The van der Waals surface area contributed by atoms with E-state index in [1.165, 1.54) is 18.4 Å². The summed E-state index contributed by atoms with van der Waals surface area (Å²) in [6, 6.07) is 10.1. The number of aromatic nitrogens is 2. The molecule has 24 heavy (non-hydrogen) atoms. The molecule has 1 N–H and O–H groups in total. The maximum Gasteiger partial charge on any atom is 0.224 e. The molecular weight excluding hydrogens is 300 g/mol. The third-order valence-corrected chi connectivity index (χ3v) is 4.49. The van der Waals surface area contributed by atoms with E-state index >= 15 is 0 Å². The molecule has 1 saturated heterocycles. The lowest BCUT2D eigenvalue weighted by molar-refractivity contribution is 0.410. The van der Waals surface area contributed by atoms with Crippen molar-refractivity contribution >= 4 is 11.8 Å². The number of benzene rings is 1. The van der Waals surface area contributed by atoms with Crippen molar-refractivity contribution in [1.82, 2.24) is 9.97 Å². The molecule has 2 aromatic rings. The Morgan fingerprint density at radius 1 is 1.29 bits per heavy atom. The van der Waals surface area contributed by atoms with Crippen LogP contribution in [0.4, 0.5) is 11.8 Å². The predicted octanol–water partition coefficient (Wildman–Crippen LogP) is 3.38. The first-order chi connectivity index (χ1) is 11.8. The Kier molecular flexibility index (Phi) is 5.51. The molecule has 2 heterocycles. The van der Waals surface area contributed by atoms with Gasteiger partial charge in [0, 0.05) is 25.8 Å². The highest BCUT2D eigenvalue weighted by atomic mass is 16.5. The van der Waals surface area contributed by atoms with Gasteiger partial charge in [-0.1, -0.05) is 25.1 Å². The van der Waals surface area contributed by atoms with E-state index in [0.29, 0.717) is 5.95 Å². The van der Waals surface area contributed by atoms with E-state index in [1.807, 2.05) is 30.5 Å². The van der Waals surface area contributed by atoms with E-state index < -0.39 is 0 Å². The van der Waals surface area contributed by atoms with Crippen LogP contribution in [0.2, 0.25) is 0 Å². The first-order valence-electron chi connectivity index (χ1n) is 8.70. The SMILES string of the molecule is COc1ccccc1CCNc1nccc(N2CCCC(C)C2)n1. The Hall–Kier alpha value is -2.30. The number of rotatable bonds is 6. The summed E-state index contributed by atoms with van der Waals surface area (Å²) in [5.41, 5.74) is 1.19. The van der Waals surface area contributed by atoms with Crippen molar-refractivity contribution in [2.45, 2.75) is 26.2 Å². The smallest absolute Gasteiger partial charge is 0.224 e. The van der Waals surface area contributed by atoms with Gasteiger partial charge in [0.1, 0.15) is 11.6 Å². The molecule has 128 valence electrons. The van der Waals surface area contributed by atoms with Gasteiger partial charge in [0.2, 0.25) is 5.95 Å². The Bertz CT molecular complexity index is 661. The summed E-state index contributed by atoms with van der Waals surface area (Å²) in [5, 5.41) is 3.33. The molecule has 1 aromatic heterocycles. The molecular formula is C19H26N4O. The van der Waals surface area contributed by atoms with E-state index in [4.69, 9.17) is 4.74 Å². The zero-order valence-electron chi connectivity index (χ0n) is 14.5. The molecule has 1 aliphatic rings. The first-order valence-corrected chi connectivity index (χ1v) is 8.70. The van der Waals surface area contributed by atoms with Gasteiger partial charge in [0.15, 0.2) is 0 Å². The fourth-order valence-electron chi connectivity index (χ4n) is 3.23. The minimum atomic E-state index is 0.695. The zero-order chi connectivity index (χ0) is 16.8. The summed E-state index contributed by atoms with van der Waals surface area (Å²) >= 11 is 0. The Labute approximate surface area is 144 Å². The van der Waals surface area contributed by atoms with Gasteiger partial charge < -0.3 is 15.0 Å². The molecule has 0 spiro atoms. The summed E-state index contributed by atoms with van der Waals surface area (Å²) in [6.07, 6.45) is 5.26. The fraction of sp³-hybridized carbons (Fsp3) is 0.474. The largest absolute Gasteiger partial charge is 0.496 e. The lowest BCUT2D eigenvalue weighted by Gasteiger charge is -2.31. The van der Waals surface area contributed by atoms with E-state index in [9.17, 15) is 0 Å². The van der Waals surface area contributed by atoms with Crippen molar-refractivity contribution in [3.63, 3.8) is 0 Å². The van der Waals surface area contributed by atoms with Gasteiger partial charge in [-0.05, 0) is 42.9 Å². The van der Waals surface area contributed by atoms with Crippen LogP contribution in [-0.2, 0) is 6.42 Å². The molecule has 5 heteroatoms. The van der Waals surface area contributed by atoms with Gasteiger partial charge in [0.25, 0.3) is 0 Å². The Balaban J connectivity index is 1.58. The highest BCUT2D eigenvalue weighted by molar-refractivity contribution is 5.43. The minimum Gasteiger partial charge on any atom is -0.496 e. The average Bonchev–Trinajstić information content (AvgIpc) is 2.62. The third-order valence-electron chi connectivity index (χ3n) is 4.49. The van der Waals surface area contributed by atoms with Crippen LogP contribution < -0.4 is 15.0 Å². The summed E-state index contributed by atoms with van der Waals surface area (Å²) in [6.45, 7) is 5.25. The molecule has 0 bridgehead atoms. The van der Waals surface area contributed by atoms with Crippen LogP contribution in [0.15, 0.2) is 36.5 Å². The van der Waals surface area contributed by atoms with Crippen LogP contribution >= 0.6 is 0 Å². The van der Waals surface area contributed by atoms with E-state index in [1.54, 1.807) is 7.11 Å². The number of piperidine rings is 1. The maximum absolute atomic E-state index is 5.39. The van der Waals surface area contributed by atoms with Crippen LogP contribution in [0.25, 0.3) is 0 Å². The predicted molar refractivity (Wildman–Crippen MR) is 97.8 cm³/mol. The number of nitrogens with one attached hydrogen (secondary N) is 1. The first kappa shape index (κ1) is 16.6. The molecule has 5 nitrogen and oxygen atoms in total. The molecule has 1 atom stereocenters. The maximum atomic E-state index is 5.39. The highest BCUT2D eigenvalue weighted by Crippen LogP contribution is 2.22. The lowest BCUT2D eigenvalue weighted by Crippen LogP contribution is -2.34. The van der Waals surface area contributed by atoms with Crippen molar-refractivity contribution in [2.24, 2.45) is 5.92 Å². The minimum absolute atomic E-state index is 0.695. The van der Waals surface area contributed by atoms with Crippen LogP contribution in [0.1, 0.15) is 25.3 Å². The number of nitrogens with zero attached hydrogens (tertiary/aromatic N) is 3. The Morgan fingerprint density at radius 2 is 2.17 bits per heavy atom. The number of methoxy groups -OCH3 is 1. The number of ether oxygens (including phenoxy) is 1. The van der Waals surface area contributed by atoms with Gasteiger partial charge in [-0.15, -0.1) is 0 Å². The van der Waals surface area contributed by atoms with Crippen molar-refractivity contribution in [3.05, 3.63) is 42.1 Å². The standard InChI is InChI=1S/C19H26N4O/c1-15-6-5-13-23(14-15)18-10-12-21-19(22-18)20-11-9-16-7-3-4-8-17(16)24-2/h3-4,7-8,10,12,15H,5-6,9,11,13-14H2,1-2H3,(H,20,21,22). The second-order valence-corrected chi connectivity index (χ2v) is 6.42. The number of hydrogen-bond acceptors (Lipinski definition) is 5. The molecule has 0 radical (unpaired) electrons. The molecule has 0 aliphatic carbocycles. The van der Waals surface area contributed by atoms with Crippen molar-refractivity contribution in [1.29, 1.82) is 0 Å². The summed E-state index contributed by atoms with van der Waals surface area (Å²) in [5.74, 6) is 3.38. The summed E-state index contributed by atoms with van der Waals surface area (Å²) in [4.78, 5) is 11.4. The molecule has 1 unspecified atom stereocenters. The van der Waals surface area contributed by atoms with Gasteiger partial charge in [-0.25, -0.2) is 4.98 Å². The molecule has 0 amide bonds. The van der Waals surface area contributed by atoms with Crippen LogP contribution in [0.3, 0.4) is 0 Å². The second kappa shape index (κ2) is 7.99. The van der Waals surface area contributed by atoms with E-state index in [2.05, 4.69) is 33.2 Å². The average molecular weight is 326 g/mol. The second-order valence-electron chi connectivity index (χ2n) is 6.42. The van der Waals surface area contributed by atoms with Crippen LogP contribution in [-0.4, -0.2) is 36.7 Å². The third kappa shape index (κ3) is 4.16. The van der Waals surface area contributed by atoms with E-state index in [-0.39, 0.29) is 0 Å². The quantitative estimate of drug-likeness (QED) is 0.882. The molecule has 1 fully saturated rings. The van der Waals surface area contributed by atoms with E-state index in [0.717, 1.165) is 43.5 Å². The van der Waals surface area contributed by atoms with Gasteiger partial charge in [-0.3, -0.25) is 0 Å². The topological polar surface area (TPSA) is 50.3 Å². The van der Waals surface area contributed by atoms with Gasteiger partial charge >= 0.3 is 0 Å². The number of para-hydroxylation sites is 1. The molecule has 0 saturated carbocycles. The normalized spacial score (nSPS) is 17.6. The summed E-state index contributed by atoms with van der Waals surface area (Å²) in [7, 11) is 1.71. The highest BCUT2D eigenvalue weighted by Gasteiger charge is 2.17. The molecule has 1 aromatic carbocycles. The van der Waals surface area contributed by atoms with Crippen LogP contribution in [0.5, 0.6) is 5.75 Å². The van der Waals surface area contributed by atoms with Crippen molar-refractivity contribution in [2.75, 3.05) is 37.0 Å². The van der Waals surface area contributed by atoms with Gasteiger partial charge in [-0.2, -0.15) is 4.98 Å².